The van der Waals surface area contributed by atoms with E-state index in [4.69, 9.17) is 0 Å². The number of amides is 1. The minimum absolute atomic E-state index is 0.0704. The molecule has 124 valence electrons. The Balaban J connectivity index is 1.82. The standard InChI is InChI=1S/C17H17FN4OS/c1-2-7-19-15(23)9-20-17-16-13(21-10-22-17)8-14(24-16)11-3-5-12(18)6-4-11/h3-6,8,10H,2,7,9H2,1H3,(H,19,23)(H,20,21,22). The van der Waals surface area contributed by atoms with Gasteiger partial charge in [0.15, 0.2) is 0 Å². The van der Waals surface area contributed by atoms with Crippen LogP contribution in [0.2, 0.25) is 0 Å². The predicted molar refractivity (Wildman–Crippen MR) is 94.6 cm³/mol. The van der Waals surface area contributed by atoms with E-state index in [1.54, 1.807) is 12.1 Å². The summed E-state index contributed by atoms with van der Waals surface area (Å²) < 4.78 is 13.9. The van der Waals surface area contributed by atoms with Crippen LogP contribution in [0.4, 0.5) is 10.2 Å². The van der Waals surface area contributed by atoms with Crippen LogP contribution in [0.5, 0.6) is 0 Å². The lowest BCUT2D eigenvalue weighted by atomic mass is 10.2. The highest BCUT2D eigenvalue weighted by Gasteiger charge is 2.11. The van der Waals surface area contributed by atoms with E-state index in [2.05, 4.69) is 20.6 Å². The van der Waals surface area contributed by atoms with E-state index in [0.29, 0.717) is 12.4 Å². The zero-order valence-corrected chi connectivity index (χ0v) is 14.0. The summed E-state index contributed by atoms with van der Waals surface area (Å²) in [5.74, 6) is 0.295. The first-order valence-corrected chi connectivity index (χ1v) is 8.50. The third-order valence-electron chi connectivity index (χ3n) is 3.43. The summed E-state index contributed by atoms with van der Waals surface area (Å²) in [5, 5.41) is 5.87. The summed E-state index contributed by atoms with van der Waals surface area (Å²) in [4.78, 5) is 21.2. The molecule has 0 saturated heterocycles. The molecule has 0 atom stereocenters. The average Bonchev–Trinajstić information content (AvgIpc) is 3.03. The molecular weight excluding hydrogens is 327 g/mol. The second kappa shape index (κ2) is 7.35. The van der Waals surface area contributed by atoms with Crippen molar-refractivity contribution < 1.29 is 9.18 Å². The number of nitrogens with zero attached hydrogens (tertiary/aromatic N) is 2. The number of nitrogens with one attached hydrogen (secondary N) is 2. The van der Waals surface area contributed by atoms with Crippen LogP contribution in [-0.2, 0) is 4.79 Å². The molecule has 0 fully saturated rings. The smallest absolute Gasteiger partial charge is 0.239 e. The molecule has 7 heteroatoms. The Hall–Kier alpha value is -2.54. The first-order chi connectivity index (χ1) is 11.7. The number of aromatic nitrogens is 2. The fourth-order valence-electron chi connectivity index (χ4n) is 2.23. The molecule has 0 unspecified atom stereocenters. The Morgan fingerprint density at radius 3 is 2.79 bits per heavy atom. The average molecular weight is 344 g/mol. The second-order valence-electron chi connectivity index (χ2n) is 5.26. The van der Waals surface area contributed by atoms with Gasteiger partial charge in [-0.1, -0.05) is 19.1 Å². The van der Waals surface area contributed by atoms with E-state index in [1.165, 1.54) is 29.8 Å². The van der Waals surface area contributed by atoms with Gasteiger partial charge in [-0.3, -0.25) is 4.79 Å². The number of fused-ring (bicyclic) bond motifs is 1. The number of hydrogen-bond donors (Lipinski definition) is 2. The molecule has 1 amide bonds. The number of benzene rings is 1. The lowest BCUT2D eigenvalue weighted by Crippen LogP contribution is -2.30. The Labute approximate surface area is 143 Å². The molecule has 3 rings (SSSR count). The molecule has 0 aliphatic carbocycles. The maximum Gasteiger partial charge on any atom is 0.239 e. The minimum Gasteiger partial charge on any atom is -0.360 e. The third kappa shape index (κ3) is 3.68. The van der Waals surface area contributed by atoms with Gasteiger partial charge in [0.25, 0.3) is 0 Å². The molecule has 3 aromatic rings. The molecular formula is C17H17FN4OS. The zero-order chi connectivity index (χ0) is 16.9. The molecule has 0 bridgehead atoms. The second-order valence-corrected chi connectivity index (χ2v) is 6.31. The summed E-state index contributed by atoms with van der Waals surface area (Å²) >= 11 is 1.51. The fourth-order valence-corrected chi connectivity index (χ4v) is 3.31. The van der Waals surface area contributed by atoms with Crippen molar-refractivity contribution >= 4 is 33.3 Å². The van der Waals surface area contributed by atoms with E-state index in [-0.39, 0.29) is 18.3 Å². The van der Waals surface area contributed by atoms with Crippen LogP contribution >= 0.6 is 11.3 Å². The molecule has 24 heavy (non-hydrogen) atoms. The summed E-state index contributed by atoms with van der Waals surface area (Å²) in [6.07, 6.45) is 2.37. The van der Waals surface area contributed by atoms with Crippen LogP contribution in [0.25, 0.3) is 20.7 Å². The van der Waals surface area contributed by atoms with Gasteiger partial charge in [0, 0.05) is 11.4 Å². The lowest BCUT2D eigenvalue weighted by Gasteiger charge is -2.06. The van der Waals surface area contributed by atoms with Crippen molar-refractivity contribution in [1.82, 2.24) is 15.3 Å². The van der Waals surface area contributed by atoms with Crippen LogP contribution in [0.1, 0.15) is 13.3 Å². The summed E-state index contributed by atoms with van der Waals surface area (Å²) in [6, 6.07) is 8.28. The van der Waals surface area contributed by atoms with E-state index in [0.717, 1.165) is 27.1 Å². The number of halogens is 1. The summed E-state index contributed by atoms with van der Waals surface area (Å²) in [6.45, 7) is 2.83. The third-order valence-corrected chi connectivity index (χ3v) is 4.61. The van der Waals surface area contributed by atoms with Gasteiger partial charge in [-0.05, 0) is 30.2 Å². The molecule has 5 nitrogen and oxygen atoms in total. The van der Waals surface area contributed by atoms with Crippen LogP contribution in [-0.4, -0.2) is 29.0 Å². The van der Waals surface area contributed by atoms with Gasteiger partial charge in [-0.15, -0.1) is 11.3 Å². The molecule has 0 radical (unpaired) electrons. The first kappa shape index (κ1) is 16.3. The number of thiophene rings is 1. The maximum atomic E-state index is 13.1. The largest absolute Gasteiger partial charge is 0.360 e. The first-order valence-electron chi connectivity index (χ1n) is 7.68. The maximum absolute atomic E-state index is 13.1. The predicted octanol–water partition coefficient (Wildman–Crippen LogP) is 3.44. The van der Waals surface area contributed by atoms with Crippen molar-refractivity contribution in [2.24, 2.45) is 0 Å². The van der Waals surface area contributed by atoms with Crippen molar-refractivity contribution in [1.29, 1.82) is 0 Å². The molecule has 1 aromatic carbocycles. The zero-order valence-electron chi connectivity index (χ0n) is 13.2. The number of hydrogen-bond acceptors (Lipinski definition) is 5. The Morgan fingerprint density at radius 2 is 2.04 bits per heavy atom. The monoisotopic (exact) mass is 344 g/mol. The normalized spacial score (nSPS) is 10.8. The summed E-state index contributed by atoms with van der Waals surface area (Å²) in [5.41, 5.74) is 1.72. The van der Waals surface area contributed by atoms with E-state index >= 15 is 0 Å². The van der Waals surface area contributed by atoms with E-state index < -0.39 is 0 Å². The van der Waals surface area contributed by atoms with Crippen molar-refractivity contribution in [3.63, 3.8) is 0 Å². The number of rotatable bonds is 6. The van der Waals surface area contributed by atoms with Gasteiger partial charge in [-0.25, -0.2) is 14.4 Å². The highest BCUT2D eigenvalue weighted by atomic mass is 32.1. The van der Waals surface area contributed by atoms with Gasteiger partial charge in [0.05, 0.1) is 16.8 Å². The summed E-state index contributed by atoms with van der Waals surface area (Å²) in [7, 11) is 0. The van der Waals surface area contributed by atoms with Crippen molar-refractivity contribution in [2.75, 3.05) is 18.4 Å². The quantitative estimate of drug-likeness (QED) is 0.719. The SMILES string of the molecule is CCCNC(=O)CNc1ncnc2cc(-c3ccc(F)cc3)sc12. The van der Waals surface area contributed by atoms with Crippen LogP contribution in [0, 0.1) is 5.82 Å². The Morgan fingerprint density at radius 1 is 1.25 bits per heavy atom. The molecule has 0 aliphatic rings. The van der Waals surface area contributed by atoms with Gasteiger partial charge in [-0.2, -0.15) is 0 Å². The topological polar surface area (TPSA) is 66.9 Å². The minimum atomic E-state index is -0.264. The lowest BCUT2D eigenvalue weighted by molar-refractivity contribution is -0.119. The molecule has 2 heterocycles. The molecule has 0 aliphatic heterocycles. The van der Waals surface area contributed by atoms with Crippen LogP contribution in [0.15, 0.2) is 36.7 Å². The highest BCUT2D eigenvalue weighted by Crippen LogP contribution is 2.35. The van der Waals surface area contributed by atoms with Gasteiger partial charge in [0.1, 0.15) is 18.0 Å². The van der Waals surface area contributed by atoms with Gasteiger partial charge in [0.2, 0.25) is 5.91 Å². The van der Waals surface area contributed by atoms with Crippen molar-refractivity contribution in [2.45, 2.75) is 13.3 Å². The van der Waals surface area contributed by atoms with E-state index in [1.807, 2.05) is 13.0 Å². The highest BCUT2D eigenvalue weighted by molar-refractivity contribution is 7.22. The molecule has 2 aromatic heterocycles. The van der Waals surface area contributed by atoms with Gasteiger partial charge < -0.3 is 10.6 Å². The fraction of sp³-hybridized carbons (Fsp3) is 0.235. The molecule has 0 spiro atoms. The molecule has 2 N–H and O–H groups in total. The van der Waals surface area contributed by atoms with Gasteiger partial charge >= 0.3 is 0 Å². The van der Waals surface area contributed by atoms with Crippen molar-refractivity contribution in [3.05, 3.63) is 42.5 Å². The number of anilines is 1. The van der Waals surface area contributed by atoms with Crippen LogP contribution in [0.3, 0.4) is 0 Å². The molecule has 0 saturated carbocycles. The van der Waals surface area contributed by atoms with Crippen molar-refractivity contribution in [3.8, 4) is 10.4 Å². The number of carbonyl (C=O) groups excluding carboxylic acids is 1. The Bertz CT molecular complexity index is 847. The number of carbonyl (C=O) groups is 1. The Kier molecular flexibility index (Phi) is 5.00. The van der Waals surface area contributed by atoms with Crippen LogP contribution < -0.4 is 10.6 Å². The van der Waals surface area contributed by atoms with E-state index in [9.17, 15) is 9.18 Å².